The summed E-state index contributed by atoms with van der Waals surface area (Å²) in [6, 6.07) is 7.19. The Balaban J connectivity index is 0.000000637. The molecule has 0 N–H and O–H groups in total. The molecule has 0 bridgehead atoms. The number of imide groups is 1. The average molecular weight is 421 g/mol. The van der Waals surface area contributed by atoms with Crippen LogP contribution in [-0.2, 0) is 14.8 Å². The molecule has 19 heavy (non-hydrogen) atoms. The van der Waals surface area contributed by atoms with E-state index in [1.807, 2.05) is 12.1 Å². The van der Waals surface area contributed by atoms with Crippen molar-refractivity contribution in [2.75, 3.05) is 0 Å². The minimum atomic E-state index is -0.113. The monoisotopic (exact) mass is 419 g/mol. The predicted molar refractivity (Wildman–Crippen MR) is 77.5 cm³/mol. The van der Waals surface area contributed by atoms with Crippen LogP contribution in [0.2, 0.25) is 0 Å². The minimum absolute atomic E-state index is 0.0902. The zero-order valence-corrected chi connectivity index (χ0v) is 15.8. The van der Waals surface area contributed by atoms with E-state index in [4.69, 9.17) is 0 Å². The third kappa shape index (κ3) is 2.92. The van der Waals surface area contributed by atoms with Crippen LogP contribution >= 0.6 is 19.8 Å². The Morgan fingerprint density at radius 1 is 1.05 bits per heavy atom. The van der Waals surface area contributed by atoms with Crippen molar-refractivity contribution < 1.29 is 24.4 Å². The van der Waals surface area contributed by atoms with Gasteiger partial charge < -0.3 is 6.42 Å². The number of carbonyl (C=O) groups excluding carboxylic acids is 2. The summed E-state index contributed by atoms with van der Waals surface area (Å²) in [5, 5.41) is 0. The van der Waals surface area contributed by atoms with Crippen molar-refractivity contribution in [1.29, 1.82) is 0 Å². The third-order valence-corrected chi connectivity index (χ3v) is 3.60. The molecule has 0 aromatic heterocycles. The zero-order chi connectivity index (χ0) is 13.8. The molecule has 1 fully saturated rings. The second-order valence-corrected chi connectivity index (χ2v) is 4.62. The molecule has 0 spiro atoms. The SMILES string of the molecule is O=C1c2ccccc2C(=O)N1C1CC[CH-]CC1.[Zn+][I]. The second kappa shape index (κ2) is 6.93. The van der Waals surface area contributed by atoms with Gasteiger partial charge in [0, 0.05) is 6.04 Å². The van der Waals surface area contributed by atoms with Crippen molar-refractivity contribution in [3.05, 3.63) is 41.8 Å². The number of hydrogen-bond donors (Lipinski definition) is 0. The van der Waals surface area contributed by atoms with Gasteiger partial charge in [-0.15, -0.1) is 0 Å². The molecule has 1 aliphatic carbocycles. The van der Waals surface area contributed by atoms with Crippen LogP contribution in [0.5, 0.6) is 0 Å². The van der Waals surface area contributed by atoms with E-state index in [1.165, 1.54) is 19.7 Å². The van der Waals surface area contributed by atoms with Crippen molar-refractivity contribution in [3.8, 4) is 0 Å². The van der Waals surface area contributed by atoms with Crippen LogP contribution in [0.25, 0.3) is 0 Å². The van der Waals surface area contributed by atoms with E-state index in [0.717, 1.165) is 25.7 Å². The molecule has 0 saturated heterocycles. The number of carbonyl (C=O) groups is 2. The summed E-state index contributed by atoms with van der Waals surface area (Å²) >= 11 is 3.62. The van der Waals surface area contributed by atoms with E-state index >= 15 is 0 Å². The second-order valence-electron chi connectivity index (χ2n) is 4.62. The van der Waals surface area contributed by atoms with Gasteiger partial charge in [-0.05, 0) is 12.1 Å². The van der Waals surface area contributed by atoms with Gasteiger partial charge in [-0.2, -0.15) is 12.8 Å². The number of fused-ring (bicyclic) bond motifs is 1. The summed E-state index contributed by atoms with van der Waals surface area (Å²) in [5.74, 6) is -0.227. The molecule has 0 radical (unpaired) electrons. The molecule has 1 heterocycles. The third-order valence-electron chi connectivity index (χ3n) is 3.60. The number of rotatable bonds is 1. The Morgan fingerprint density at radius 2 is 1.53 bits per heavy atom. The normalized spacial score (nSPS) is 19.0. The van der Waals surface area contributed by atoms with Gasteiger partial charge in [0.2, 0.25) is 0 Å². The number of hydrogen-bond acceptors (Lipinski definition) is 2. The standard InChI is InChI=1S/C14H14NO2.HI.Zn/c16-13-11-8-4-5-9-12(11)14(17)15(13)10-6-2-1-3-7-10;;/h1,4-5,8-10H,2-3,6-7H2;1H;/q-1;;+2/p-1. The fraction of sp³-hybridized carbons (Fsp3) is 0.357. The van der Waals surface area contributed by atoms with Gasteiger partial charge in [0.15, 0.2) is 0 Å². The summed E-state index contributed by atoms with van der Waals surface area (Å²) in [6.07, 6.45) is 6.04. The molecule has 0 unspecified atom stereocenters. The molecule has 5 heteroatoms. The Hall–Kier alpha value is -0.287. The Morgan fingerprint density at radius 3 is 2.00 bits per heavy atom. The first-order valence-electron chi connectivity index (χ1n) is 6.34. The summed E-state index contributed by atoms with van der Waals surface area (Å²) in [4.78, 5) is 25.9. The molecule has 3 rings (SSSR count). The van der Waals surface area contributed by atoms with Gasteiger partial charge >= 0.3 is 34.5 Å². The van der Waals surface area contributed by atoms with Gasteiger partial charge in [-0.25, -0.2) is 0 Å². The topological polar surface area (TPSA) is 37.4 Å². The van der Waals surface area contributed by atoms with Crippen molar-refractivity contribution in [2.24, 2.45) is 0 Å². The van der Waals surface area contributed by atoms with Crippen molar-refractivity contribution >= 4 is 31.6 Å². The molecule has 2 amide bonds. The fourth-order valence-corrected chi connectivity index (χ4v) is 2.71. The number of amides is 2. The average Bonchev–Trinajstić information content (AvgIpc) is 2.75. The van der Waals surface area contributed by atoms with Gasteiger partial charge in [0.05, 0.1) is 11.1 Å². The molecule has 3 nitrogen and oxygen atoms in total. The van der Waals surface area contributed by atoms with Crippen molar-refractivity contribution in [3.63, 3.8) is 0 Å². The van der Waals surface area contributed by atoms with Gasteiger partial charge in [-0.1, -0.05) is 25.0 Å². The first kappa shape index (κ1) is 15.1. The van der Waals surface area contributed by atoms with Crippen molar-refractivity contribution in [1.82, 2.24) is 4.90 Å². The van der Waals surface area contributed by atoms with Crippen LogP contribution in [0.15, 0.2) is 24.3 Å². The van der Waals surface area contributed by atoms with Crippen LogP contribution < -0.4 is 0 Å². The molecule has 1 aromatic carbocycles. The van der Waals surface area contributed by atoms with E-state index in [1.54, 1.807) is 12.1 Å². The first-order chi connectivity index (χ1) is 9.29. The molecular weight excluding hydrogens is 406 g/mol. The Labute approximate surface area is 134 Å². The molecular formula is C14H14INO2Zn. The van der Waals surface area contributed by atoms with Crippen LogP contribution in [0.1, 0.15) is 46.4 Å². The maximum absolute atomic E-state index is 12.2. The van der Waals surface area contributed by atoms with Crippen LogP contribution in [0.4, 0.5) is 0 Å². The molecule has 1 aromatic rings. The molecule has 2 aliphatic rings. The van der Waals surface area contributed by atoms with E-state index < -0.39 is 0 Å². The van der Waals surface area contributed by atoms with E-state index in [0.29, 0.717) is 11.1 Å². The first-order valence-corrected chi connectivity index (χ1v) is 15.4. The van der Waals surface area contributed by atoms with Crippen molar-refractivity contribution in [2.45, 2.75) is 31.7 Å². The molecule has 0 atom stereocenters. The molecule has 96 valence electrons. The summed E-state index contributed by atoms with van der Waals surface area (Å²) in [7, 11) is 0. The quantitative estimate of drug-likeness (QED) is 0.303. The summed E-state index contributed by atoms with van der Waals surface area (Å²) in [5.41, 5.74) is 1.12. The molecule has 1 aliphatic heterocycles. The van der Waals surface area contributed by atoms with Gasteiger partial charge in [0.1, 0.15) is 0 Å². The van der Waals surface area contributed by atoms with Gasteiger partial charge in [-0.3, -0.25) is 14.5 Å². The van der Waals surface area contributed by atoms with Crippen LogP contribution in [0, 0.1) is 6.42 Å². The zero-order valence-electron chi connectivity index (χ0n) is 10.6. The Kier molecular flexibility index (Phi) is 5.51. The van der Waals surface area contributed by atoms with E-state index in [9.17, 15) is 9.59 Å². The Bertz CT molecular complexity index is 451. The fourth-order valence-electron chi connectivity index (χ4n) is 2.71. The van der Waals surface area contributed by atoms with E-state index in [-0.39, 0.29) is 17.9 Å². The summed E-state index contributed by atoms with van der Waals surface area (Å²) in [6.45, 7) is 0. The predicted octanol–water partition coefficient (Wildman–Crippen LogP) is 3.31. The van der Waals surface area contributed by atoms with Gasteiger partial charge in [0.25, 0.3) is 11.8 Å². The van der Waals surface area contributed by atoms with Crippen LogP contribution in [0.3, 0.4) is 0 Å². The maximum atomic E-state index is 12.2. The number of nitrogens with zero attached hydrogens (tertiary/aromatic N) is 1. The van der Waals surface area contributed by atoms with E-state index in [2.05, 4.69) is 26.2 Å². The number of benzene rings is 1. The molecule has 1 saturated carbocycles. The van der Waals surface area contributed by atoms with Crippen LogP contribution in [-0.4, -0.2) is 22.8 Å². The number of halogens is 1. The summed E-state index contributed by atoms with van der Waals surface area (Å²) < 4.78 is 0.